The first-order chi connectivity index (χ1) is 13.8. The van der Waals surface area contributed by atoms with E-state index in [2.05, 4.69) is 22.0 Å². The van der Waals surface area contributed by atoms with Crippen LogP contribution in [0.5, 0.6) is 0 Å². The van der Waals surface area contributed by atoms with Crippen molar-refractivity contribution in [2.45, 2.75) is 30.2 Å². The highest BCUT2D eigenvalue weighted by Gasteiger charge is 2.27. The highest BCUT2D eigenvalue weighted by molar-refractivity contribution is 7.90. The second kappa shape index (κ2) is 7.42. The SMILES string of the molecule is Cn1c(=O)n(C)c2cc(CN3CCCC(c4ncccc4S(C)(=O)=O)C3)ccc21. The van der Waals surface area contributed by atoms with Crippen LogP contribution < -0.4 is 5.69 Å². The summed E-state index contributed by atoms with van der Waals surface area (Å²) in [7, 11) is 0.269. The summed E-state index contributed by atoms with van der Waals surface area (Å²) in [5.74, 6) is 0.0967. The Hall–Kier alpha value is -2.45. The van der Waals surface area contributed by atoms with E-state index in [9.17, 15) is 13.2 Å². The van der Waals surface area contributed by atoms with Crippen LogP contribution in [0.1, 0.15) is 30.0 Å². The smallest absolute Gasteiger partial charge is 0.298 e. The molecule has 2 aromatic heterocycles. The predicted molar refractivity (Wildman–Crippen MR) is 113 cm³/mol. The minimum absolute atomic E-state index is 0.0290. The van der Waals surface area contributed by atoms with Crippen molar-refractivity contribution in [1.29, 1.82) is 0 Å². The zero-order valence-corrected chi connectivity index (χ0v) is 17.8. The molecule has 1 aliphatic rings. The van der Waals surface area contributed by atoms with Gasteiger partial charge in [-0.3, -0.25) is 19.0 Å². The van der Waals surface area contributed by atoms with E-state index in [1.165, 1.54) is 6.26 Å². The molecule has 154 valence electrons. The Morgan fingerprint density at radius 3 is 2.66 bits per heavy atom. The van der Waals surface area contributed by atoms with Crippen molar-refractivity contribution in [1.82, 2.24) is 19.0 Å². The van der Waals surface area contributed by atoms with Gasteiger partial charge in [0.1, 0.15) is 0 Å². The summed E-state index contributed by atoms with van der Waals surface area (Å²) in [5.41, 5.74) is 3.64. The molecule has 29 heavy (non-hydrogen) atoms. The molecule has 1 aliphatic heterocycles. The number of aryl methyl sites for hydroxylation is 2. The van der Waals surface area contributed by atoms with Gasteiger partial charge in [0.2, 0.25) is 0 Å². The Kier molecular flexibility index (Phi) is 5.08. The summed E-state index contributed by atoms with van der Waals surface area (Å²) in [4.78, 5) is 19.3. The summed E-state index contributed by atoms with van der Waals surface area (Å²) in [6, 6.07) is 9.46. The molecule has 3 heterocycles. The second-order valence-corrected chi connectivity index (χ2v) is 9.94. The molecule has 4 rings (SSSR count). The molecule has 0 spiro atoms. The van der Waals surface area contributed by atoms with Gasteiger partial charge < -0.3 is 0 Å². The van der Waals surface area contributed by atoms with Crippen molar-refractivity contribution >= 4 is 20.9 Å². The Morgan fingerprint density at radius 1 is 1.14 bits per heavy atom. The van der Waals surface area contributed by atoms with E-state index in [4.69, 9.17) is 0 Å². The number of aromatic nitrogens is 3. The van der Waals surface area contributed by atoms with E-state index in [1.54, 1.807) is 41.6 Å². The average molecular weight is 415 g/mol. The lowest BCUT2D eigenvalue weighted by Gasteiger charge is -2.33. The first kappa shape index (κ1) is 19.8. The van der Waals surface area contributed by atoms with Gasteiger partial charge >= 0.3 is 5.69 Å². The fourth-order valence-electron chi connectivity index (χ4n) is 4.35. The van der Waals surface area contributed by atoms with Gasteiger partial charge in [0.05, 0.1) is 21.6 Å². The lowest BCUT2D eigenvalue weighted by atomic mass is 9.94. The predicted octanol–water partition coefficient (Wildman–Crippen LogP) is 2.06. The summed E-state index contributed by atoms with van der Waals surface area (Å²) in [6.45, 7) is 2.49. The van der Waals surface area contributed by atoms with Gasteiger partial charge in [-0.05, 0) is 49.2 Å². The maximum absolute atomic E-state index is 12.2. The normalized spacial score (nSPS) is 18.4. The number of nitrogens with zero attached hydrogens (tertiary/aromatic N) is 4. The summed E-state index contributed by atoms with van der Waals surface area (Å²) in [6.07, 6.45) is 4.85. The van der Waals surface area contributed by atoms with Crippen molar-refractivity contribution in [3.8, 4) is 0 Å². The molecule has 0 N–H and O–H groups in total. The number of piperidine rings is 1. The molecule has 0 bridgehead atoms. The highest BCUT2D eigenvalue weighted by atomic mass is 32.2. The van der Waals surface area contributed by atoms with E-state index >= 15 is 0 Å². The van der Waals surface area contributed by atoms with Crippen LogP contribution in [0, 0.1) is 0 Å². The van der Waals surface area contributed by atoms with Gasteiger partial charge in [0.25, 0.3) is 0 Å². The summed E-state index contributed by atoms with van der Waals surface area (Å²) >= 11 is 0. The van der Waals surface area contributed by atoms with Gasteiger partial charge in [-0.25, -0.2) is 13.2 Å². The van der Waals surface area contributed by atoms with E-state index in [0.29, 0.717) is 10.6 Å². The van der Waals surface area contributed by atoms with Gasteiger partial charge in [-0.1, -0.05) is 6.07 Å². The summed E-state index contributed by atoms with van der Waals surface area (Å²) in [5, 5.41) is 0. The van der Waals surface area contributed by atoms with Crippen LogP contribution in [0.25, 0.3) is 11.0 Å². The molecule has 1 fully saturated rings. The molecule has 1 aromatic carbocycles. The first-order valence-electron chi connectivity index (χ1n) is 9.77. The Labute approximate surface area is 170 Å². The third kappa shape index (κ3) is 3.74. The molecule has 1 atom stereocenters. The highest BCUT2D eigenvalue weighted by Crippen LogP contribution is 2.30. The van der Waals surface area contributed by atoms with Crippen molar-refractivity contribution in [3.63, 3.8) is 0 Å². The van der Waals surface area contributed by atoms with Crippen molar-refractivity contribution in [2.75, 3.05) is 19.3 Å². The van der Waals surface area contributed by atoms with Gasteiger partial charge in [-0.2, -0.15) is 0 Å². The number of rotatable bonds is 4. The Morgan fingerprint density at radius 2 is 1.90 bits per heavy atom. The van der Waals surface area contributed by atoms with E-state index in [-0.39, 0.29) is 11.6 Å². The zero-order chi connectivity index (χ0) is 20.8. The standard InChI is InChI=1S/C21H26N4O3S/c1-23-17-9-8-15(12-18(17)24(2)21(23)26)13-25-11-5-6-16(14-25)20-19(29(3,27)28)7-4-10-22-20/h4,7-10,12,16H,5-6,11,13-14H2,1-3H3. The molecular formula is C21H26N4O3S. The minimum Gasteiger partial charge on any atom is -0.298 e. The van der Waals surface area contributed by atoms with Gasteiger partial charge in [0.15, 0.2) is 9.84 Å². The van der Waals surface area contributed by atoms with Crippen molar-refractivity contribution in [3.05, 3.63) is 58.3 Å². The molecular weight excluding hydrogens is 388 g/mol. The lowest BCUT2D eigenvalue weighted by molar-refractivity contribution is 0.197. The largest absolute Gasteiger partial charge is 0.328 e. The average Bonchev–Trinajstić information content (AvgIpc) is 2.91. The molecule has 8 heteroatoms. The van der Waals surface area contributed by atoms with E-state index in [1.807, 2.05) is 6.07 Å². The number of sulfone groups is 1. The maximum Gasteiger partial charge on any atom is 0.328 e. The lowest BCUT2D eigenvalue weighted by Crippen LogP contribution is -2.34. The van der Waals surface area contributed by atoms with E-state index < -0.39 is 9.84 Å². The topological polar surface area (TPSA) is 77.2 Å². The third-order valence-electron chi connectivity index (χ3n) is 5.83. The van der Waals surface area contributed by atoms with E-state index in [0.717, 1.165) is 49.1 Å². The molecule has 3 aromatic rings. The van der Waals surface area contributed by atoms with Crippen LogP contribution in [0.4, 0.5) is 0 Å². The number of fused-ring (bicyclic) bond motifs is 1. The van der Waals surface area contributed by atoms with Crippen molar-refractivity contribution < 1.29 is 8.42 Å². The zero-order valence-electron chi connectivity index (χ0n) is 17.0. The first-order valence-corrected chi connectivity index (χ1v) is 11.7. The quantitative estimate of drug-likeness (QED) is 0.653. The second-order valence-electron chi connectivity index (χ2n) is 7.96. The number of hydrogen-bond acceptors (Lipinski definition) is 5. The molecule has 1 saturated heterocycles. The molecule has 0 saturated carbocycles. The van der Waals surface area contributed by atoms with Gasteiger partial charge in [-0.15, -0.1) is 0 Å². The van der Waals surface area contributed by atoms with Crippen LogP contribution in [0.2, 0.25) is 0 Å². The minimum atomic E-state index is -3.31. The van der Waals surface area contributed by atoms with Crippen LogP contribution >= 0.6 is 0 Å². The number of pyridine rings is 1. The monoisotopic (exact) mass is 414 g/mol. The molecule has 0 amide bonds. The molecule has 7 nitrogen and oxygen atoms in total. The molecule has 0 aliphatic carbocycles. The van der Waals surface area contributed by atoms with Crippen molar-refractivity contribution in [2.24, 2.45) is 14.1 Å². The third-order valence-corrected chi connectivity index (χ3v) is 6.98. The number of hydrogen-bond donors (Lipinski definition) is 0. The Bertz CT molecular complexity index is 1230. The number of likely N-dealkylation sites (tertiary alicyclic amines) is 1. The fraction of sp³-hybridized carbons (Fsp3) is 0.429. The van der Waals surface area contributed by atoms with Crippen LogP contribution in [0.15, 0.2) is 46.2 Å². The molecule has 1 unspecified atom stereocenters. The Balaban J connectivity index is 1.58. The van der Waals surface area contributed by atoms with Gasteiger partial charge in [0, 0.05) is 45.6 Å². The molecule has 0 radical (unpaired) electrons. The summed E-state index contributed by atoms with van der Waals surface area (Å²) < 4.78 is 27.7. The maximum atomic E-state index is 12.2. The van der Waals surface area contributed by atoms with Crippen LogP contribution in [-0.2, 0) is 30.5 Å². The fourth-order valence-corrected chi connectivity index (χ4v) is 5.28. The number of benzene rings is 1. The van der Waals surface area contributed by atoms with Crippen LogP contribution in [0.3, 0.4) is 0 Å². The van der Waals surface area contributed by atoms with Crippen LogP contribution in [-0.4, -0.2) is 46.8 Å². The number of imidazole rings is 1.